The Kier molecular flexibility index (Phi) is 7.57. The van der Waals surface area contributed by atoms with Gasteiger partial charge in [0, 0.05) is 49.1 Å². The molecule has 0 bridgehead atoms. The number of benzene rings is 9. The summed E-state index contributed by atoms with van der Waals surface area (Å²) in [5.74, 6) is 0.469. The quantitative estimate of drug-likeness (QED) is 0.174. The van der Waals surface area contributed by atoms with Crippen LogP contribution in [-0.2, 0) is 0 Å². The second-order valence-corrected chi connectivity index (χ2v) is 16.1. The zero-order valence-corrected chi connectivity index (χ0v) is 33.8. The van der Waals surface area contributed by atoms with Gasteiger partial charge in [0.2, 0.25) is 5.95 Å². The fourth-order valence-corrected chi connectivity index (χ4v) is 9.86. The molecule has 6 heteroatoms. The van der Waals surface area contributed by atoms with Gasteiger partial charge in [-0.1, -0.05) is 109 Å². The Balaban J connectivity index is 1.03. The van der Waals surface area contributed by atoms with Crippen molar-refractivity contribution in [3.05, 3.63) is 212 Å². The van der Waals surface area contributed by atoms with Gasteiger partial charge < -0.3 is 9.13 Å². The number of aromatic nitrogens is 5. The van der Waals surface area contributed by atoms with Crippen LogP contribution in [0.4, 0.5) is 0 Å². The summed E-state index contributed by atoms with van der Waals surface area (Å²) < 4.78 is 6.81. The van der Waals surface area contributed by atoms with Crippen LogP contribution in [0.2, 0.25) is 0 Å². The lowest BCUT2D eigenvalue weighted by Gasteiger charge is -2.10. The molecule has 0 fully saturated rings. The lowest BCUT2D eigenvalue weighted by molar-refractivity contribution is 1.00. The summed E-state index contributed by atoms with van der Waals surface area (Å²) in [6.07, 6.45) is 0. The Morgan fingerprint density at radius 3 is 1.14 bits per heavy atom. The Labute approximate surface area is 361 Å². The van der Waals surface area contributed by atoms with Gasteiger partial charge >= 0.3 is 0 Å². The van der Waals surface area contributed by atoms with Crippen molar-refractivity contribution in [1.29, 1.82) is 5.26 Å². The summed E-state index contributed by atoms with van der Waals surface area (Å²) >= 11 is 0. The fraction of sp³-hybridized carbons (Fsp3) is 0. The van der Waals surface area contributed by atoms with E-state index in [1.54, 1.807) is 0 Å². The monoisotopic (exact) mass is 802 g/mol. The van der Waals surface area contributed by atoms with Crippen LogP contribution in [0.3, 0.4) is 0 Å². The summed E-state index contributed by atoms with van der Waals surface area (Å²) in [5.41, 5.74) is 14.5. The molecule has 0 saturated carbocycles. The summed E-state index contributed by atoms with van der Waals surface area (Å²) in [5, 5.41) is 18.0. The van der Waals surface area contributed by atoms with Gasteiger partial charge in [-0.15, -0.1) is 0 Å². The summed E-state index contributed by atoms with van der Waals surface area (Å²) in [6, 6.07) is 75.5. The topological polar surface area (TPSA) is 64.4 Å². The van der Waals surface area contributed by atoms with Crippen LogP contribution in [-0.4, -0.2) is 23.7 Å². The summed E-state index contributed by atoms with van der Waals surface area (Å²) in [7, 11) is 0. The van der Waals surface area contributed by atoms with Gasteiger partial charge in [0.15, 0.2) is 5.69 Å². The van der Waals surface area contributed by atoms with Gasteiger partial charge in [-0.2, -0.15) is 5.26 Å². The maximum Gasteiger partial charge on any atom is 0.236 e. The van der Waals surface area contributed by atoms with Crippen LogP contribution < -0.4 is 0 Å². The average molecular weight is 803 g/mol. The van der Waals surface area contributed by atoms with E-state index in [-0.39, 0.29) is 0 Å². The third-order valence-electron chi connectivity index (χ3n) is 12.7. The predicted octanol–water partition coefficient (Wildman–Crippen LogP) is 14.1. The minimum Gasteiger partial charge on any atom is -0.309 e. The molecule has 4 aromatic heterocycles. The van der Waals surface area contributed by atoms with Crippen molar-refractivity contribution in [3.8, 4) is 45.6 Å². The van der Waals surface area contributed by atoms with Crippen molar-refractivity contribution in [2.24, 2.45) is 0 Å². The van der Waals surface area contributed by atoms with E-state index in [1.807, 2.05) is 24.3 Å². The number of nitriles is 1. The minimum absolute atomic E-state index is 0.352. The van der Waals surface area contributed by atoms with E-state index in [0.29, 0.717) is 11.6 Å². The molecule has 9 aromatic carbocycles. The highest BCUT2D eigenvalue weighted by Gasteiger charge is 2.20. The average Bonchev–Trinajstić information content (AvgIpc) is 3.99. The molecule has 6 nitrogen and oxygen atoms in total. The van der Waals surface area contributed by atoms with E-state index >= 15 is 0 Å². The third-order valence-corrected chi connectivity index (χ3v) is 12.7. The Hall–Kier alpha value is -8.79. The van der Waals surface area contributed by atoms with E-state index in [0.717, 1.165) is 66.3 Å². The standard InChI is InChI=1S/C57H34N6/c58-35-50-44-19-7-10-20-49(44)59-57(60-50)63-55-29-25-38(36-23-27-53-45(31-36)42-17-8-11-21-51(42)61(53)40-13-3-1-4-14-40)33-47(55)48-34-39(26-30-56(48)63)37-24-28-54-46(32-37)43-18-9-12-22-52(43)62(54)41-15-5-2-6-16-41/h1-34H. The molecule has 0 N–H and O–H groups in total. The van der Waals surface area contributed by atoms with Crippen LogP contribution in [0.5, 0.6) is 0 Å². The van der Waals surface area contributed by atoms with Gasteiger partial charge in [-0.25, -0.2) is 9.97 Å². The zero-order valence-electron chi connectivity index (χ0n) is 33.8. The maximum absolute atomic E-state index is 10.3. The zero-order chi connectivity index (χ0) is 41.6. The van der Waals surface area contributed by atoms with Gasteiger partial charge in [0.05, 0.1) is 38.6 Å². The number of fused-ring (bicyclic) bond motifs is 10. The molecule has 0 amide bonds. The van der Waals surface area contributed by atoms with Gasteiger partial charge in [0.25, 0.3) is 0 Å². The van der Waals surface area contributed by atoms with E-state index in [2.05, 4.69) is 202 Å². The molecule has 292 valence electrons. The smallest absolute Gasteiger partial charge is 0.236 e. The molecule has 13 rings (SSSR count). The molecule has 0 aliphatic carbocycles. The third kappa shape index (κ3) is 5.30. The van der Waals surface area contributed by atoms with Crippen molar-refractivity contribution in [2.75, 3.05) is 0 Å². The van der Waals surface area contributed by atoms with Crippen molar-refractivity contribution < 1.29 is 0 Å². The molecule has 4 heterocycles. The highest BCUT2D eigenvalue weighted by molar-refractivity contribution is 6.14. The normalized spacial score (nSPS) is 11.8. The van der Waals surface area contributed by atoms with Gasteiger partial charge in [-0.3, -0.25) is 4.57 Å². The van der Waals surface area contributed by atoms with Crippen molar-refractivity contribution >= 4 is 76.3 Å². The Bertz CT molecular complexity index is 3820. The number of para-hydroxylation sites is 5. The van der Waals surface area contributed by atoms with Crippen molar-refractivity contribution in [1.82, 2.24) is 23.7 Å². The van der Waals surface area contributed by atoms with Crippen molar-refractivity contribution in [3.63, 3.8) is 0 Å². The van der Waals surface area contributed by atoms with Gasteiger partial charge in [0.1, 0.15) is 6.07 Å². The maximum atomic E-state index is 10.3. The molecule has 0 unspecified atom stereocenters. The van der Waals surface area contributed by atoms with E-state index in [1.165, 1.54) is 43.6 Å². The molecule has 13 aromatic rings. The molecule has 0 aliphatic rings. The lowest BCUT2D eigenvalue weighted by atomic mass is 9.98. The largest absolute Gasteiger partial charge is 0.309 e. The minimum atomic E-state index is 0.352. The first-order valence-electron chi connectivity index (χ1n) is 21.1. The molecule has 0 saturated heterocycles. The lowest BCUT2D eigenvalue weighted by Crippen LogP contribution is -2.03. The van der Waals surface area contributed by atoms with Gasteiger partial charge in [-0.05, 0) is 119 Å². The predicted molar refractivity (Wildman–Crippen MR) is 258 cm³/mol. The molecule has 0 spiro atoms. The number of hydrogen-bond acceptors (Lipinski definition) is 3. The Morgan fingerprint density at radius 1 is 0.317 bits per heavy atom. The fourth-order valence-electron chi connectivity index (χ4n) is 9.86. The number of nitrogens with zero attached hydrogens (tertiary/aromatic N) is 6. The summed E-state index contributed by atoms with van der Waals surface area (Å²) in [6.45, 7) is 0. The first-order chi connectivity index (χ1) is 31.2. The van der Waals surface area contributed by atoms with Crippen molar-refractivity contribution in [2.45, 2.75) is 0 Å². The highest BCUT2D eigenvalue weighted by Crippen LogP contribution is 2.41. The van der Waals surface area contributed by atoms with E-state index in [9.17, 15) is 5.26 Å². The van der Waals surface area contributed by atoms with E-state index in [4.69, 9.17) is 9.97 Å². The van der Waals surface area contributed by atoms with E-state index < -0.39 is 0 Å². The Morgan fingerprint density at radius 2 is 0.683 bits per heavy atom. The number of hydrogen-bond donors (Lipinski definition) is 0. The molecular formula is C57H34N6. The SMILES string of the molecule is N#Cc1nc(-n2c3ccc(-c4ccc5c(c4)c4ccccc4n5-c4ccccc4)cc3c3cc(-c4ccc5c(c4)c4ccccc4n5-c4ccccc4)ccc32)nc2ccccc12. The first-order valence-corrected chi connectivity index (χ1v) is 21.1. The van der Waals surface area contributed by atoms with Crippen LogP contribution in [0.25, 0.3) is 116 Å². The van der Waals surface area contributed by atoms with Crippen LogP contribution in [0, 0.1) is 11.3 Å². The second kappa shape index (κ2) is 13.6. The highest BCUT2D eigenvalue weighted by atomic mass is 15.2. The molecular weight excluding hydrogens is 769 g/mol. The summed E-state index contributed by atoms with van der Waals surface area (Å²) in [4.78, 5) is 9.95. The molecule has 0 radical (unpaired) electrons. The molecule has 0 atom stereocenters. The van der Waals surface area contributed by atoms with Crippen LogP contribution in [0.1, 0.15) is 5.69 Å². The first kappa shape index (κ1) is 35.0. The molecule has 63 heavy (non-hydrogen) atoms. The van der Waals surface area contributed by atoms with Crippen LogP contribution in [0.15, 0.2) is 206 Å². The van der Waals surface area contributed by atoms with Crippen LogP contribution >= 0.6 is 0 Å². The number of rotatable bonds is 5. The second-order valence-electron chi connectivity index (χ2n) is 16.1. The molecule has 0 aliphatic heterocycles.